The summed E-state index contributed by atoms with van der Waals surface area (Å²) in [6.45, 7) is 2.75. The zero-order valence-electron chi connectivity index (χ0n) is 18.1. The standard InChI is InChI=1S/C25H27N3O3S/c1-2-28(21-14-10-19(11-15-21)24(30)31)25-27-22(16-32-25)17-8-12-20(13-9-17)26-23(29)18-6-4-3-5-7-18/h8-16,18H,2-7H2,1H3,(H,26,29)(H,30,31). The molecular formula is C25H27N3O3S. The molecule has 0 unspecified atom stereocenters. The fraction of sp³-hybridized carbons (Fsp3) is 0.320. The van der Waals surface area contributed by atoms with Gasteiger partial charge in [-0.25, -0.2) is 9.78 Å². The number of aromatic carboxylic acids is 1. The predicted molar refractivity (Wildman–Crippen MR) is 129 cm³/mol. The molecule has 0 atom stereocenters. The summed E-state index contributed by atoms with van der Waals surface area (Å²) in [7, 11) is 0. The molecule has 7 heteroatoms. The molecule has 1 saturated carbocycles. The van der Waals surface area contributed by atoms with Gasteiger partial charge >= 0.3 is 5.97 Å². The van der Waals surface area contributed by atoms with Crippen molar-refractivity contribution in [3.8, 4) is 11.3 Å². The topological polar surface area (TPSA) is 82.5 Å². The van der Waals surface area contributed by atoms with Crippen LogP contribution >= 0.6 is 11.3 Å². The number of carboxylic acids is 1. The number of thiazole rings is 1. The van der Waals surface area contributed by atoms with Gasteiger partial charge in [0, 0.05) is 34.8 Å². The Morgan fingerprint density at radius 1 is 1.06 bits per heavy atom. The number of benzene rings is 2. The molecule has 0 spiro atoms. The van der Waals surface area contributed by atoms with E-state index >= 15 is 0 Å². The Kier molecular flexibility index (Phi) is 6.85. The van der Waals surface area contributed by atoms with Crippen molar-refractivity contribution in [2.24, 2.45) is 5.92 Å². The number of hydrogen-bond donors (Lipinski definition) is 2. The Balaban J connectivity index is 1.45. The lowest BCUT2D eigenvalue weighted by Gasteiger charge is -2.20. The van der Waals surface area contributed by atoms with E-state index in [4.69, 9.17) is 10.1 Å². The number of nitrogens with one attached hydrogen (secondary N) is 1. The Labute approximate surface area is 191 Å². The van der Waals surface area contributed by atoms with Crippen LogP contribution in [0.5, 0.6) is 0 Å². The SMILES string of the molecule is CCN(c1ccc(C(=O)O)cc1)c1nc(-c2ccc(NC(=O)C3CCCCC3)cc2)cs1. The maximum atomic E-state index is 12.5. The molecule has 1 amide bonds. The lowest BCUT2D eigenvalue weighted by molar-refractivity contribution is -0.120. The monoisotopic (exact) mass is 449 g/mol. The fourth-order valence-corrected chi connectivity index (χ4v) is 4.99. The van der Waals surface area contributed by atoms with Gasteiger partial charge < -0.3 is 15.3 Å². The Hall–Kier alpha value is -3.19. The Morgan fingerprint density at radius 2 is 1.75 bits per heavy atom. The summed E-state index contributed by atoms with van der Waals surface area (Å²) in [5.41, 5.74) is 3.84. The molecule has 3 aromatic rings. The van der Waals surface area contributed by atoms with E-state index in [0.717, 1.165) is 53.4 Å². The predicted octanol–water partition coefficient (Wildman–Crippen LogP) is 6.19. The Bertz CT molecular complexity index is 1070. The minimum atomic E-state index is -0.936. The second-order valence-electron chi connectivity index (χ2n) is 8.01. The average Bonchev–Trinajstić information content (AvgIpc) is 3.31. The van der Waals surface area contributed by atoms with E-state index < -0.39 is 5.97 Å². The van der Waals surface area contributed by atoms with Gasteiger partial charge in [-0.05, 0) is 56.2 Å². The number of anilines is 3. The summed E-state index contributed by atoms with van der Waals surface area (Å²) >= 11 is 1.54. The molecule has 32 heavy (non-hydrogen) atoms. The van der Waals surface area contributed by atoms with Crippen LogP contribution in [0.25, 0.3) is 11.3 Å². The highest BCUT2D eigenvalue weighted by molar-refractivity contribution is 7.14. The van der Waals surface area contributed by atoms with Gasteiger partial charge in [0.05, 0.1) is 11.3 Å². The van der Waals surface area contributed by atoms with Crippen molar-refractivity contribution in [3.05, 3.63) is 59.5 Å². The van der Waals surface area contributed by atoms with Gasteiger partial charge in [0.2, 0.25) is 5.91 Å². The first-order valence-electron chi connectivity index (χ1n) is 11.0. The van der Waals surface area contributed by atoms with Crippen molar-refractivity contribution in [1.29, 1.82) is 0 Å². The largest absolute Gasteiger partial charge is 0.478 e. The summed E-state index contributed by atoms with van der Waals surface area (Å²) in [4.78, 5) is 30.4. The van der Waals surface area contributed by atoms with E-state index in [9.17, 15) is 9.59 Å². The van der Waals surface area contributed by atoms with Gasteiger partial charge in [-0.2, -0.15) is 0 Å². The molecular weight excluding hydrogens is 422 g/mol. The number of aromatic nitrogens is 1. The Morgan fingerprint density at radius 3 is 2.38 bits per heavy atom. The minimum absolute atomic E-state index is 0.126. The summed E-state index contributed by atoms with van der Waals surface area (Å²) in [6.07, 6.45) is 5.48. The van der Waals surface area contributed by atoms with E-state index in [2.05, 4.69) is 10.2 Å². The maximum Gasteiger partial charge on any atom is 0.335 e. The molecule has 1 aromatic heterocycles. The highest BCUT2D eigenvalue weighted by atomic mass is 32.1. The highest BCUT2D eigenvalue weighted by Gasteiger charge is 2.21. The minimum Gasteiger partial charge on any atom is -0.478 e. The molecule has 4 rings (SSSR count). The second-order valence-corrected chi connectivity index (χ2v) is 8.85. The lowest BCUT2D eigenvalue weighted by atomic mass is 9.88. The molecule has 166 valence electrons. The van der Waals surface area contributed by atoms with Crippen LogP contribution in [0.3, 0.4) is 0 Å². The van der Waals surface area contributed by atoms with Crippen molar-refractivity contribution in [2.75, 3.05) is 16.8 Å². The van der Waals surface area contributed by atoms with E-state index in [1.807, 2.05) is 36.6 Å². The number of nitrogens with zero attached hydrogens (tertiary/aromatic N) is 2. The summed E-state index contributed by atoms with van der Waals surface area (Å²) in [6, 6.07) is 14.6. The smallest absolute Gasteiger partial charge is 0.335 e. The van der Waals surface area contributed by atoms with Crippen LogP contribution in [0.15, 0.2) is 53.9 Å². The number of carboxylic acid groups (broad SMARTS) is 1. The van der Waals surface area contributed by atoms with Crippen LogP contribution < -0.4 is 10.2 Å². The van der Waals surface area contributed by atoms with Gasteiger partial charge in [-0.3, -0.25) is 4.79 Å². The van der Waals surface area contributed by atoms with Crippen LogP contribution in [0, 0.1) is 5.92 Å². The molecule has 0 aliphatic heterocycles. The van der Waals surface area contributed by atoms with Crippen molar-refractivity contribution >= 4 is 39.7 Å². The van der Waals surface area contributed by atoms with Gasteiger partial charge in [-0.15, -0.1) is 11.3 Å². The quantitative estimate of drug-likeness (QED) is 0.450. The molecule has 1 aliphatic rings. The van der Waals surface area contributed by atoms with Crippen LogP contribution in [0.1, 0.15) is 49.4 Å². The van der Waals surface area contributed by atoms with Crippen LogP contribution in [0.2, 0.25) is 0 Å². The van der Waals surface area contributed by atoms with Gasteiger partial charge in [0.1, 0.15) is 0 Å². The van der Waals surface area contributed by atoms with E-state index in [0.29, 0.717) is 6.54 Å². The van der Waals surface area contributed by atoms with E-state index in [-0.39, 0.29) is 17.4 Å². The molecule has 2 N–H and O–H groups in total. The molecule has 0 bridgehead atoms. The first-order valence-corrected chi connectivity index (χ1v) is 11.9. The van der Waals surface area contributed by atoms with Crippen molar-refractivity contribution in [2.45, 2.75) is 39.0 Å². The van der Waals surface area contributed by atoms with Crippen molar-refractivity contribution < 1.29 is 14.7 Å². The molecule has 2 aromatic carbocycles. The first-order chi connectivity index (χ1) is 15.5. The van der Waals surface area contributed by atoms with Crippen LogP contribution in [0.4, 0.5) is 16.5 Å². The highest BCUT2D eigenvalue weighted by Crippen LogP contribution is 2.33. The van der Waals surface area contributed by atoms with E-state index in [1.165, 1.54) is 6.42 Å². The molecule has 0 saturated heterocycles. The fourth-order valence-electron chi connectivity index (χ4n) is 4.07. The van der Waals surface area contributed by atoms with E-state index in [1.54, 1.807) is 35.6 Å². The van der Waals surface area contributed by atoms with Crippen LogP contribution in [-0.2, 0) is 4.79 Å². The first kappa shape index (κ1) is 22.0. The van der Waals surface area contributed by atoms with Gasteiger partial charge in [-0.1, -0.05) is 31.4 Å². The van der Waals surface area contributed by atoms with Crippen molar-refractivity contribution in [1.82, 2.24) is 4.98 Å². The number of rotatable bonds is 7. The molecule has 6 nitrogen and oxygen atoms in total. The summed E-state index contributed by atoms with van der Waals surface area (Å²) < 4.78 is 0. The van der Waals surface area contributed by atoms with Crippen LogP contribution in [-0.4, -0.2) is 28.5 Å². The summed E-state index contributed by atoms with van der Waals surface area (Å²) in [5.74, 6) is -0.676. The summed E-state index contributed by atoms with van der Waals surface area (Å²) in [5, 5.41) is 15.0. The molecule has 1 fully saturated rings. The third kappa shape index (κ3) is 4.99. The third-order valence-electron chi connectivity index (χ3n) is 5.89. The zero-order chi connectivity index (χ0) is 22.5. The normalized spacial score (nSPS) is 14.2. The zero-order valence-corrected chi connectivity index (χ0v) is 18.9. The third-order valence-corrected chi connectivity index (χ3v) is 6.75. The number of amides is 1. The molecule has 0 radical (unpaired) electrons. The van der Waals surface area contributed by atoms with Crippen molar-refractivity contribution in [3.63, 3.8) is 0 Å². The van der Waals surface area contributed by atoms with Gasteiger partial charge in [0.15, 0.2) is 5.13 Å². The number of carbonyl (C=O) groups excluding carboxylic acids is 1. The lowest BCUT2D eigenvalue weighted by Crippen LogP contribution is -2.24. The maximum absolute atomic E-state index is 12.5. The molecule has 1 aliphatic carbocycles. The average molecular weight is 450 g/mol. The molecule has 1 heterocycles. The second kappa shape index (κ2) is 9.96. The van der Waals surface area contributed by atoms with Gasteiger partial charge in [0.25, 0.3) is 0 Å². The number of hydrogen-bond acceptors (Lipinski definition) is 5. The number of carbonyl (C=O) groups is 2.